The van der Waals surface area contributed by atoms with Gasteiger partial charge in [0.05, 0.1) is 17.9 Å². The van der Waals surface area contributed by atoms with E-state index in [1.807, 2.05) is 37.3 Å². The number of hydrogen-bond donors (Lipinski definition) is 2. The van der Waals surface area contributed by atoms with Gasteiger partial charge >= 0.3 is 0 Å². The highest BCUT2D eigenvalue weighted by molar-refractivity contribution is 5.94. The number of imidazole rings is 1. The van der Waals surface area contributed by atoms with Crippen LogP contribution < -0.4 is 10.1 Å². The second kappa shape index (κ2) is 8.85. The van der Waals surface area contributed by atoms with Crippen molar-refractivity contribution in [1.82, 2.24) is 15.3 Å². The maximum atomic E-state index is 12.6. The monoisotopic (exact) mass is 361 g/mol. The Bertz CT molecular complexity index is 885. The van der Waals surface area contributed by atoms with Gasteiger partial charge < -0.3 is 15.0 Å². The number of carbonyl (C=O) groups excluding carboxylic acids is 1. The number of aromatic amines is 1. The minimum absolute atomic E-state index is 0.144. The van der Waals surface area contributed by atoms with E-state index in [1.54, 1.807) is 36.5 Å². The van der Waals surface area contributed by atoms with Crippen LogP contribution in [-0.4, -0.2) is 22.5 Å². The van der Waals surface area contributed by atoms with E-state index in [2.05, 4.69) is 21.9 Å². The molecule has 5 nitrogen and oxygen atoms in total. The molecule has 0 saturated carbocycles. The summed E-state index contributed by atoms with van der Waals surface area (Å²) in [6, 6.07) is 16.8. The van der Waals surface area contributed by atoms with Gasteiger partial charge in [-0.25, -0.2) is 4.98 Å². The fourth-order valence-electron chi connectivity index (χ4n) is 2.74. The molecule has 1 amide bonds. The first-order valence-electron chi connectivity index (χ1n) is 8.96. The second-order valence-corrected chi connectivity index (χ2v) is 6.11. The van der Waals surface area contributed by atoms with Crippen LogP contribution in [0, 0.1) is 0 Å². The highest BCUT2D eigenvalue weighted by Crippen LogP contribution is 2.21. The number of amides is 1. The summed E-state index contributed by atoms with van der Waals surface area (Å²) in [6.45, 7) is 6.07. The minimum atomic E-state index is -0.188. The van der Waals surface area contributed by atoms with Crippen molar-refractivity contribution in [2.24, 2.45) is 0 Å². The van der Waals surface area contributed by atoms with Crippen molar-refractivity contribution >= 4 is 5.91 Å². The Morgan fingerprint density at radius 1 is 1.22 bits per heavy atom. The van der Waals surface area contributed by atoms with Gasteiger partial charge in [-0.15, -0.1) is 0 Å². The van der Waals surface area contributed by atoms with Gasteiger partial charge in [-0.1, -0.05) is 49.9 Å². The third-order valence-corrected chi connectivity index (χ3v) is 4.21. The Morgan fingerprint density at radius 3 is 2.63 bits per heavy atom. The number of nitrogens with zero attached hydrogens (tertiary/aromatic N) is 1. The number of rotatable bonds is 8. The van der Waals surface area contributed by atoms with Crippen LogP contribution in [0.2, 0.25) is 0 Å². The lowest BCUT2D eigenvalue weighted by molar-refractivity contribution is 0.0934. The van der Waals surface area contributed by atoms with Crippen LogP contribution in [0.1, 0.15) is 35.6 Å². The summed E-state index contributed by atoms with van der Waals surface area (Å²) in [4.78, 5) is 20.4. The lowest BCUT2D eigenvalue weighted by Gasteiger charge is -2.15. The molecule has 0 aliphatic rings. The van der Waals surface area contributed by atoms with Crippen molar-refractivity contribution in [1.29, 1.82) is 0 Å². The largest absolute Gasteiger partial charge is 0.490 e. The van der Waals surface area contributed by atoms with E-state index in [4.69, 9.17) is 4.74 Å². The number of ether oxygens (including phenoxy) is 1. The van der Waals surface area contributed by atoms with Gasteiger partial charge in [-0.3, -0.25) is 4.79 Å². The molecule has 1 aromatic heterocycles. The van der Waals surface area contributed by atoms with Gasteiger partial charge in [0.25, 0.3) is 5.91 Å². The molecule has 3 rings (SSSR count). The molecule has 0 aliphatic carbocycles. The van der Waals surface area contributed by atoms with E-state index in [0.29, 0.717) is 17.9 Å². The van der Waals surface area contributed by atoms with Crippen LogP contribution in [0.5, 0.6) is 5.75 Å². The number of carbonyl (C=O) groups is 1. The van der Waals surface area contributed by atoms with E-state index in [1.165, 1.54) is 0 Å². The highest BCUT2D eigenvalue weighted by Gasteiger charge is 2.17. The standard InChI is InChI=1S/C22H23N3O2/c1-3-14-27-18-12-10-17(11-13-18)22(26)25-19(4-2)21-23-15-20(24-21)16-8-6-5-7-9-16/h3,5-13,15,19H,1,4,14H2,2H3,(H,23,24)(H,25,26). The van der Waals surface area contributed by atoms with Crippen LogP contribution in [-0.2, 0) is 0 Å². The van der Waals surface area contributed by atoms with Crippen molar-refractivity contribution in [2.45, 2.75) is 19.4 Å². The average Bonchev–Trinajstić information content (AvgIpc) is 3.21. The van der Waals surface area contributed by atoms with Crippen LogP contribution in [0.4, 0.5) is 0 Å². The summed E-state index contributed by atoms with van der Waals surface area (Å²) in [6.07, 6.45) is 4.21. The molecule has 1 heterocycles. The van der Waals surface area contributed by atoms with Crippen molar-refractivity contribution in [3.05, 3.63) is 84.8 Å². The van der Waals surface area contributed by atoms with E-state index < -0.39 is 0 Å². The molecule has 0 fully saturated rings. The van der Waals surface area contributed by atoms with E-state index in [9.17, 15) is 4.79 Å². The number of benzene rings is 2. The molecule has 27 heavy (non-hydrogen) atoms. The molecule has 1 atom stereocenters. The predicted octanol–water partition coefficient (Wildman–Crippen LogP) is 4.52. The first-order chi connectivity index (χ1) is 13.2. The molecular formula is C22H23N3O2. The molecule has 0 radical (unpaired) electrons. The van der Waals surface area contributed by atoms with Gasteiger partial charge in [0.2, 0.25) is 0 Å². The first kappa shape index (κ1) is 18.5. The number of hydrogen-bond acceptors (Lipinski definition) is 3. The number of nitrogens with one attached hydrogen (secondary N) is 2. The zero-order valence-electron chi connectivity index (χ0n) is 15.3. The predicted molar refractivity (Wildman–Crippen MR) is 107 cm³/mol. The summed E-state index contributed by atoms with van der Waals surface area (Å²) in [7, 11) is 0. The second-order valence-electron chi connectivity index (χ2n) is 6.11. The molecule has 3 aromatic rings. The molecular weight excluding hydrogens is 338 g/mol. The summed E-state index contributed by atoms with van der Waals surface area (Å²) >= 11 is 0. The van der Waals surface area contributed by atoms with Gasteiger partial charge in [0.1, 0.15) is 18.2 Å². The van der Waals surface area contributed by atoms with Crippen LogP contribution in [0.25, 0.3) is 11.3 Å². The van der Waals surface area contributed by atoms with Gasteiger partial charge in [0.15, 0.2) is 0 Å². The average molecular weight is 361 g/mol. The molecule has 2 N–H and O–H groups in total. The number of H-pyrrole nitrogens is 1. The lowest BCUT2D eigenvalue weighted by Crippen LogP contribution is -2.28. The third-order valence-electron chi connectivity index (χ3n) is 4.21. The van der Waals surface area contributed by atoms with E-state index in [-0.39, 0.29) is 11.9 Å². The normalized spacial score (nSPS) is 11.6. The Labute approximate surface area is 159 Å². The minimum Gasteiger partial charge on any atom is -0.490 e. The third kappa shape index (κ3) is 4.64. The van der Waals surface area contributed by atoms with E-state index >= 15 is 0 Å². The van der Waals surface area contributed by atoms with Gasteiger partial charge in [-0.2, -0.15) is 0 Å². The zero-order valence-corrected chi connectivity index (χ0v) is 15.3. The SMILES string of the molecule is C=CCOc1ccc(C(=O)NC(CC)c2ncc(-c3ccccc3)[nH]2)cc1. The molecule has 0 bridgehead atoms. The van der Waals surface area contributed by atoms with Gasteiger partial charge in [0, 0.05) is 5.56 Å². The fourth-order valence-corrected chi connectivity index (χ4v) is 2.74. The van der Waals surface area contributed by atoms with Crippen LogP contribution >= 0.6 is 0 Å². The summed E-state index contributed by atoms with van der Waals surface area (Å²) in [5, 5.41) is 3.04. The number of aromatic nitrogens is 2. The molecule has 0 aliphatic heterocycles. The molecule has 2 aromatic carbocycles. The molecule has 0 saturated heterocycles. The van der Waals surface area contributed by atoms with Crippen molar-refractivity contribution in [3.8, 4) is 17.0 Å². The smallest absolute Gasteiger partial charge is 0.251 e. The molecule has 0 spiro atoms. The zero-order chi connectivity index (χ0) is 19.1. The summed E-state index contributed by atoms with van der Waals surface area (Å²) in [5.74, 6) is 1.31. The Kier molecular flexibility index (Phi) is 6.05. The van der Waals surface area contributed by atoms with Crippen molar-refractivity contribution in [3.63, 3.8) is 0 Å². The van der Waals surface area contributed by atoms with Crippen molar-refractivity contribution in [2.75, 3.05) is 6.61 Å². The highest BCUT2D eigenvalue weighted by atomic mass is 16.5. The topological polar surface area (TPSA) is 67.0 Å². The molecule has 1 unspecified atom stereocenters. The Balaban J connectivity index is 1.68. The molecule has 138 valence electrons. The Hall–Kier alpha value is -3.34. The first-order valence-corrected chi connectivity index (χ1v) is 8.96. The quantitative estimate of drug-likeness (QED) is 0.580. The van der Waals surface area contributed by atoms with Gasteiger partial charge in [-0.05, 0) is 36.2 Å². The van der Waals surface area contributed by atoms with Crippen LogP contribution in [0.15, 0.2) is 73.4 Å². The maximum absolute atomic E-state index is 12.6. The fraction of sp³-hybridized carbons (Fsp3) is 0.182. The summed E-state index contributed by atoms with van der Waals surface area (Å²) in [5.41, 5.74) is 2.57. The van der Waals surface area contributed by atoms with Crippen molar-refractivity contribution < 1.29 is 9.53 Å². The van der Waals surface area contributed by atoms with Crippen LogP contribution in [0.3, 0.4) is 0 Å². The van der Waals surface area contributed by atoms with E-state index in [0.717, 1.165) is 23.5 Å². The summed E-state index contributed by atoms with van der Waals surface area (Å²) < 4.78 is 5.44. The lowest BCUT2D eigenvalue weighted by atomic mass is 10.1. The molecule has 5 heteroatoms. The Morgan fingerprint density at radius 2 is 1.96 bits per heavy atom. The maximum Gasteiger partial charge on any atom is 0.251 e.